The maximum atomic E-state index is 13.4. The molecule has 1 amide bonds. The Balaban J connectivity index is 1.61. The number of rotatable bonds is 3. The minimum absolute atomic E-state index is 0.0770. The summed E-state index contributed by atoms with van der Waals surface area (Å²) in [6.07, 6.45) is -2.65. The highest BCUT2D eigenvalue weighted by molar-refractivity contribution is 6.02. The van der Waals surface area contributed by atoms with Crippen molar-refractivity contribution in [3.8, 4) is 0 Å². The van der Waals surface area contributed by atoms with Gasteiger partial charge in [0.1, 0.15) is 11.6 Å². The Morgan fingerprint density at radius 3 is 2.76 bits per heavy atom. The molecule has 2 atom stereocenters. The third-order valence-corrected chi connectivity index (χ3v) is 4.51. The molecular formula is C15H16F3N5O2. The number of alkyl halides is 3. The second kappa shape index (κ2) is 5.50. The van der Waals surface area contributed by atoms with E-state index in [1.165, 1.54) is 12.1 Å². The van der Waals surface area contributed by atoms with Crippen LogP contribution in [0.3, 0.4) is 0 Å². The van der Waals surface area contributed by atoms with Gasteiger partial charge in [-0.15, -0.1) is 0 Å². The summed E-state index contributed by atoms with van der Waals surface area (Å²) in [7, 11) is 0. The summed E-state index contributed by atoms with van der Waals surface area (Å²) < 4.78 is 46.0. The third-order valence-electron chi connectivity index (χ3n) is 4.51. The summed E-state index contributed by atoms with van der Waals surface area (Å²) in [6.45, 7) is 1.66. The van der Waals surface area contributed by atoms with Crippen LogP contribution in [0.2, 0.25) is 0 Å². The van der Waals surface area contributed by atoms with Crippen LogP contribution in [-0.2, 0) is 0 Å². The molecule has 1 fully saturated rings. The largest absolute Gasteiger partial charge is 0.410 e. The second-order valence-electron chi connectivity index (χ2n) is 6.52. The molecule has 10 heteroatoms. The highest BCUT2D eigenvalue weighted by Gasteiger charge is 2.49. The molecule has 0 bridgehead atoms. The first-order valence-electron chi connectivity index (χ1n) is 7.99. The van der Waals surface area contributed by atoms with Gasteiger partial charge in [0, 0.05) is 18.2 Å². The van der Waals surface area contributed by atoms with Gasteiger partial charge in [0.2, 0.25) is 0 Å². The summed E-state index contributed by atoms with van der Waals surface area (Å²) in [5.74, 6) is 0.520. The van der Waals surface area contributed by atoms with Gasteiger partial charge >= 0.3 is 6.18 Å². The normalized spacial score (nSPS) is 23.0. The van der Waals surface area contributed by atoms with E-state index in [1.54, 1.807) is 6.92 Å². The number of halogens is 3. The van der Waals surface area contributed by atoms with Gasteiger partial charge in [0.15, 0.2) is 17.6 Å². The molecule has 2 aromatic heterocycles. The first-order chi connectivity index (χ1) is 11.8. The van der Waals surface area contributed by atoms with Crippen LogP contribution >= 0.6 is 0 Å². The van der Waals surface area contributed by atoms with Crippen molar-refractivity contribution in [3.63, 3.8) is 0 Å². The van der Waals surface area contributed by atoms with Crippen LogP contribution in [-0.4, -0.2) is 33.1 Å². The number of nitrogens with one attached hydrogen (secondary N) is 2. The van der Waals surface area contributed by atoms with Crippen molar-refractivity contribution in [1.29, 1.82) is 0 Å². The molecule has 4 rings (SSSR count). The molecule has 0 radical (unpaired) electrons. The lowest BCUT2D eigenvalue weighted by molar-refractivity contribution is -0.174. The van der Waals surface area contributed by atoms with E-state index in [-0.39, 0.29) is 35.7 Å². The molecule has 0 saturated heterocycles. The van der Waals surface area contributed by atoms with E-state index < -0.39 is 18.1 Å². The highest BCUT2D eigenvalue weighted by atomic mass is 19.4. The number of aromatic nitrogens is 3. The Labute approximate surface area is 140 Å². The van der Waals surface area contributed by atoms with Gasteiger partial charge in [-0.05, 0) is 32.1 Å². The van der Waals surface area contributed by atoms with Crippen LogP contribution in [0.5, 0.6) is 0 Å². The Morgan fingerprint density at radius 2 is 2.16 bits per heavy atom. The van der Waals surface area contributed by atoms with Crippen molar-refractivity contribution in [2.45, 2.75) is 44.4 Å². The monoisotopic (exact) mass is 355 g/mol. The van der Waals surface area contributed by atoms with Gasteiger partial charge in [-0.2, -0.15) is 18.3 Å². The minimum atomic E-state index is -4.42. The van der Waals surface area contributed by atoms with Gasteiger partial charge in [-0.25, -0.2) is 4.68 Å². The number of nitrogens with zero attached hydrogens (tertiary/aromatic N) is 3. The van der Waals surface area contributed by atoms with Crippen molar-refractivity contribution in [2.24, 2.45) is 5.92 Å². The summed E-state index contributed by atoms with van der Waals surface area (Å²) in [5, 5.41) is 13.1. The minimum Gasteiger partial charge on any atom is -0.367 e. The third kappa shape index (κ3) is 3.08. The Morgan fingerprint density at radius 1 is 1.40 bits per heavy atom. The van der Waals surface area contributed by atoms with Gasteiger partial charge in [-0.1, -0.05) is 5.16 Å². The van der Waals surface area contributed by atoms with E-state index in [9.17, 15) is 18.0 Å². The van der Waals surface area contributed by atoms with Crippen LogP contribution in [0, 0.1) is 12.8 Å². The fourth-order valence-corrected chi connectivity index (χ4v) is 3.13. The fraction of sp³-hybridized carbons (Fsp3) is 0.533. The fourth-order valence-electron chi connectivity index (χ4n) is 3.13. The molecule has 1 aliphatic heterocycles. The Kier molecular flexibility index (Phi) is 3.51. The van der Waals surface area contributed by atoms with Crippen molar-refractivity contribution in [3.05, 3.63) is 23.6 Å². The van der Waals surface area contributed by atoms with Crippen LogP contribution in [0.1, 0.15) is 41.6 Å². The van der Waals surface area contributed by atoms with Crippen LogP contribution in [0.25, 0.3) is 0 Å². The van der Waals surface area contributed by atoms with Crippen molar-refractivity contribution in [2.75, 3.05) is 10.6 Å². The summed E-state index contributed by atoms with van der Waals surface area (Å²) in [4.78, 5) is 12.2. The maximum absolute atomic E-state index is 13.4. The molecule has 134 valence electrons. The lowest BCUT2D eigenvalue weighted by Gasteiger charge is -2.33. The lowest BCUT2D eigenvalue weighted by Crippen LogP contribution is -2.40. The quantitative estimate of drug-likeness (QED) is 0.884. The number of hydrogen-bond acceptors (Lipinski definition) is 5. The molecule has 0 spiro atoms. The number of fused-ring (bicyclic) bond motifs is 1. The van der Waals surface area contributed by atoms with Crippen molar-refractivity contribution >= 4 is 17.5 Å². The van der Waals surface area contributed by atoms with E-state index in [2.05, 4.69) is 20.9 Å². The van der Waals surface area contributed by atoms with E-state index in [0.29, 0.717) is 5.76 Å². The number of carbonyl (C=O) groups is 1. The molecule has 2 aliphatic rings. The van der Waals surface area contributed by atoms with Crippen molar-refractivity contribution < 1.29 is 22.5 Å². The van der Waals surface area contributed by atoms with Gasteiger partial charge < -0.3 is 15.2 Å². The summed E-state index contributed by atoms with van der Waals surface area (Å²) in [5.41, 5.74) is -0.103. The SMILES string of the molecule is Cc1cc(NC(=O)c2cc3n(n2)[C@@H](C(F)(F)F)C[C@@H](C2CC2)N3)no1. The van der Waals surface area contributed by atoms with E-state index >= 15 is 0 Å². The standard InChI is InChI=1S/C15H16F3N5O2/c1-7-4-12(22-25-7)20-14(24)10-6-13-19-9(8-2-3-8)5-11(15(16,17)18)23(13)21-10/h4,6,8-9,11,19H,2-3,5H2,1H3,(H,20,22,24)/t9-,11+/m0/s1. The lowest BCUT2D eigenvalue weighted by atomic mass is 10.0. The van der Waals surface area contributed by atoms with Gasteiger partial charge in [0.05, 0.1) is 0 Å². The molecule has 2 N–H and O–H groups in total. The van der Waals surface area contributed by atoms with Crippen LogP contribution < -0.4 is 10.6 Å². The zero-order valence-corrected chi connectivity index (χ0v) is 13.3. The first kappa shape index (κ1) is 16.0. The summed E-state index contributed by atoms with van der Waals surface area (Å²) in [6, 6.07) is 0.874. The topological polar surface area (TPSA) is 85.0 Å². The van der Waals surface area contributed by atoms with Gasteiger partial charge in [0.25, 0.3) is 5.91 Å². The zero-order chi connectivity index (χ0) is 17.8. The number of hydrogen-bond donors (Lipinski definition) is 2. The molecule has 1 aliphatic carbocycles. The van der Waals surface area contributed by atoms with Gasteiger partial charge in [-0.3, -0.25) is 4.79 Å². The number of amides is 1. The first-order valence-corrected chi connectivity index (χ1v) is 7.99. The molecule has 3 heterocycles. The average Bonchev–Trinajstić information content (AvgIpc) is 3.17. The number of aryl methyl sites for hydroxylation is 1. The average molecular weight is 355 g/mol. The molecule has 25 heavy (non-hydrogen) atoms. The predicted octanol–water partition coefficient (Wildman–Crippen LogP) is 3.13. The van der Waals surface area contributed by atoms with Crippen LogP contribution in [0.4, 0.5) is 24.8 Å². The molecule has 1 saturated carbocycles. The molecule has 2 aromatic rings. The number of anilines is 2. The predicted molar refractivity (Wildman–Crippen MR) is 81.3 cm³/mol. The molecule has 7 nitrogen and oxygen atoms in total. The molecule has 0 aromatic carbocycles. The molecular weight excluding hydrogens is 339 g/mol. The number of carbonyl (C=O) groups excluding carboxylic acids is 1. The smallest absolute Gasteiger partial charge is 0.367 e. The van der Waals surface area contributed by atoms with Crippen molar-refractivity contribution in [1.82, 2.24) is 14.9 Å². The van der Waals surface area contributed by atoms with E-state index in [0.717, 1.165) is 17.5 Å². The maximum Gasteiger partial charge on any atom is 0.410 e. The Hall–Kier alpha value is -2.52. The van der Waals surface area contributed by atoms with E-state index in [4.69, 9.17) is 4.52 Å². The zero-order valence-electron chi connectivity index (χ0n) is 13.3. The highest BCUT2D eigenvalue weighted by Crippen LogP contribution is 2.45. The Bertz CT molecular complexity index is 808. The van der Waals surface area contributed by atoms with E-state index in [1.807, 2.05) is 0 Å². The van der Waals surface area contributed by atoms with Crippen LogP contribution in [0.15, 0.2) is 16.7 Å². The molecule has 0 unspecified atom stereocenters. The summed E-state index contributed by atoms with van der Waals surface area (Å²) >= 11 is 0. The second-order valence-corrected chi connectivity index (χ2v) is 6.52.